The molecule has 26 heavy (non-hydrogen) atoms. The first kappa shape index (κ1) is 16.4. The van der Waals surface area contributed by atoms with E-state index in [9.17, 15) is 0 Å². The number of piperidine rings is 1. The van der Waals surface area contributed by atoms with Crippen molar-refractivity contribution in [2.45, 2.75) is 25.7 Å². The van der Waals surface area contributed by atoms with E-state index in [1.807, 2.05) is 31.2 Å². The molecule has 4 heterocycles. The number of nitrogens with zero attached hydrogens (tertiary/aromatic N) is 6. The minimum atomic E-state index is 0.291. The fourth-order valence-corrected chi connectivity index (χ4v) is 3.32. The van der Waals surface area contributed by atoms with Gasteiger partial charge in [0.05, 0.1) is 5.69 Å². The molecule has 1 atom stereocenters. The molecule has 0 saturated carbocycles. The third-order valence-corrected chi connectivity index (χ3v) is 4.56. The topological polar surface area (TPSA) is 79.7 Å². The average molecular weight is 347 g/mol. The normalized spacial score (nSPS) is 17.1. The molecule has 7 nitrogen and oxygen atoms in total. The van der Waals surface area contributed by atoms with E-state index >= 15 is 0 Å². The van der Waals surface area contributed by atoms with Gasteiger partial charge in [-0.2, -0.15) is 0 Å². The van der Waals surface area contributed by atoms with Gasteiger partial charge in [0, 0.05) is 49.4 Å². The van der Waals surface area contributed by atoms with Crippen molar-refractivity contribution in [3.8, 4) is 0 Å². The number of hydrogen-bond donors (Lipinski definition) is 1. The SMILES string of the molecule is Cc1cc(N2CCC[C@@H](c3nccnc3Nc3ccccn3)C2)ncn1. The molecule has 1 N–H and O–H groups in total. The van der Waals surface area contributed by atoms with Gasteiger partial charge in [-0.15, -0.1) is 0 Å². The van der Waals surface area contributed by atoms with Crippen LogP contribution in [0.1, 0.15) is 30.1 Å². The zero-order valence-electron chi connectivity index (χ0n) is 14.7. The van der Waals surface area contributed by atoms with Gasteiger partial charge in [-0.25, -0.2) is 19.9 Å². The van der Waals surface area contributed by atoms with Crippen LogP contribution in [0.15, 0.2) is 49.2 Å². The molecule has 0 bridgehead atoms. The molecule has 132 valence electrons. The molecular formula is C19H21N7. The third kappa shape index (κ3) is 3.61. The molecule has 1 saturated heterocycles. The largest absolute Gasteiger partial charge is 0.356 e. The summed E-state index contributed by atoms with van der Waals surface area (Å²) in [6, 6.07) is 7.80. The second kappa shape index (κ2) is 7.43. The Bertz CT molecular complexity index is 869. The second-order valence-electron chi connectivity index (χ2n) is 6.43. The summed E-state index contributed by atoms with van der Waals surface area (Å²) in [5.41, 5.74) is 1.96. The number of aryl methyl sites for hydroxylation is 1. The molecule has 1 aliphatic rings. The van der Waals surface area contributed by atoms with Gasteiger partial charge in [-0.05, 0) is 31.9 Å². The predicted molar refractivity (Wildman–Crippen MR) is 101 cm³/mol. The molecule has 3 aromatic rings. The Hall–Kier alpha value is -3.09. The maximum Gasteiger partial charge on any atom is 0.153 e. The van der Waals surface area contributed by atoms with Crippen LogP contribution in [0.5, 0.6) is 0 Å². The first-order chi connectivity index (χ1) is 12.8. The van der Waals surface area contributed by atoms with Crippen molar-refractivity contribution in [2.24, 2.45) is 0 Å². The molecule has 0 aromatic carbocycles. The standard InChI is InChI=1S/C19H21N7/c1-14-11-17(24-13-23-14)26-10-4-5-15(12-26)18-19(22-9-8-21-18)25-16-6-2-3-7-20-16/h2-3,6-9,11,13,15H,4-5,10,12H2,1H3,(H,20,22,25)/t15-/m1/s1. The second-order valence-corrected chi connectivity index (χ2v) is 6.43. The number of nitrogens with one attached hydrogen (secondary N) is 1. The number of rotatable bonds is 4. The van der Waals surface area contributed by atoms with Crippen molar-refractivity contribution in [2.75, 3.05) is 23.3 Å². The average Bonchev–Trinajstić information content (AvgIpc) is 2.69. The zero-order valence-corrected chi connectivity index (χ0v) is 14.7. The maximum absolute atomic E-state index is 4.63. The van der Waals surface area contributed by atoms with Gasteiger partial charge in [-0.3, -0.25) is 4.98 Å². The van der Waals surface area contributed by atoms with Gasteiger partial charge >= 0.3 is 0 Å². The fourth-order valence-electron chi connectivity index (χ4n) is 3.32. The number of anilines is 3. The quantitative estimate of drug-likeness (QED) is 0.777. The van der Waals surface area contributed by atoms with E-state index in [0.717, 1.165) is 54.8 Å². The van der Waals surface area contributed by atoms with Crippen LogP contribution in [0.3, 0.4) is 0 Å². The predicted octanol–water partition coefficient (Wildman–Crippen LogP) is 3.10. The Morgan fingerprint density at radius 3 is 2.81 bits per heavy atom. The van der Waals surface area contributed by atoms with Crippen molar-refractivity contribution < 1.29 is 0 Å². The summed E-state index contributed by atoms with van der Waals surface area (Å²) >= 11 is 0. The maximum atomic E-state index is 4.63. The lowest BCUT2D eigenvalue weighted by atomic mass is 9.94. The molecule has 0 amide bonds. The zero-order chi connectivity index (χ0) is 17.8. The van der Waals surface area contributed by atoms with Crippen LogP contribution >= 0.6 is 0 Å². The minimum absolute atomic E-state index is 0.291. The molecule has 1 aliphatic heterocycles. The van der Waals surface area contributed by atoms with Crippen molar-refractivity contribution >= 4 is 17.5 Å². The summed E-state index contributed by atoms with van der Waals surface area (Å²) in [4.78, 5) is 24.4. The van der Waals surface area contributed by atoms with Gasteiger partial charge < -0.3 is 10.2 Å². The summed E-state index contributed by atoms with van der Waals surface area (Å²) < 4.78 is 0. The Morgan fingerprint density at radius 2 is 1.96 bits per heavy atom. The fraction of sp³-hybridized carbons (Fsp3) is 0.316. The first-order valence-corrected chi connectivity index (χ1v) is 8.82. The lowest BCUT2D eigenvalue weighted by molar-refractivity contribution is 0.498. The Kier molecular flexibility index (Phi) is 4.68. The van der Waals surface area contributed by atoms with Crippen LogP contribution in [0.4, 0.5) is 17.5 Å². The van der Waals surface area contributed by atoms with Crippen molar-refractivity contribution in [1.29, 1.82) is 0 Å². The minimum Gasteiger partial charge on any atom is -0.356 e. The van der Waals surface area contributed by atoms with E-state index in [4.69, 9.17) is 0 Å². The van der Waals surface area contributed by atoms with E-state index < -0.39 is 0 Å². The monoisotopic (exact) mass is 347 g/mol. The van der Waals surface area contributed by atoms with Crippen LogP contribution in [-0.2, 0) is 0 Å². The summed E-state index contributed by atoms with van der Waals surface area (Å²) in [5, 5.41) is 3.30. The smallest absolute Gasteiger partial charge is 0.153 e. The summed E-state index contributed by atoms with van der Waals surface area (Å²) in [6.45, 7) is 3.85. The van der Waals surface area contributed by atoms with Crippen LogP contribution in [0.2, 0.25) is 0 Å². The summed E-state index contributed by atoms with van der Waals surface area (Å²) in [6.07, 6.45) is 9.03. The number of pyridine rings is 1. The van der Waals surface area contributed by atoms with Crippen LogP contribution in [-0.4, -0.2) is 38.0 Å². The van der Waals surface area contributed by atoms with Crippen molar-refractivity contribution in [3.63, 3.8) is 0 Å². The summed E-state index contributed by atoms with van der Waals surface area (Å²) in [7, 11) is 0. The highest BCUT2D eigenvalue weighted by atomic mass is 15.2. The van der Waals surface area contributed by atoms with Gasteiger partial charge in [0.1, 0.15) is 18.0 Å². The number of hydrogen-bond acceptors (Lipinski definition) is 7. The van der Waals surface area contributed by atoms with Crippen LogP contribution in [0.25, 0.3) is 0 Å². The molecule has 1 fully saturated rings. The van der Waals surface area contributed by atoms with Gasteiger partial charge in [0.25, 0.3) is 0 Å². The van der Waals surface area contributed by atoms with Crippen LogP contribution < -0.4 is 10.2 Å². The molecule has 4 rings (SSSR count). The Balaban J connectivity index is 1.57. The lowest BCUT2D eigenvalue weighted by Crippen LogP contribution is -2.35. The van der Waals surface area contributed by atoms with Crippen molar-refractivity contribution in [1.82, 2.24) is 24.9 Å². The highest BCUT2D eigenvalue weighted by Gasteiger charge is 2.26. The van der Waals surface area contributed by atoms with E-state index in [1.54, 1.807) is 24.9 Å². The number of aromatic nitrogens is 5. The van der Waals surface area contributed by atoms with Crippen LogP contribution in [0, 0.1) is 6.92 Å². The van der Waals surface area contributed by atoms with E-state index in [-0.39, 0.29) is 0 Å². The highest BCUT2D eigenvalue weighted by molar-refractivity contribution is 5.55. The molecule has 7 heteroatoms. The first-order valence-electron chi connectivity index (χ1n) is 8.82. The van der Waals surface area contributed by atoms with Gasteiger partial charge in [0.15, 0.2) is 5.82 Å². The molecular weight excluding hydrogens is 326 g/mol. The molecule has 3 aromatic heterocycles. The van der Waals surface area contributed by atoms with E-state index in [0.29, 0.717) is 5.92 Å². The van der Waals surface area contributed by atoms with Gasteiger partial charge in [-0.1, -0.05) is 6.07 Å². The molecule has 0 aliphatic carbocycles. The molecule has 0 spiro atoms. The van der Waals surface area contributed by atoms with E-state index in [2.05, 4.69) is 35.1 Å². The molecule has 0 radical (unpaired) electrons. The highest BCUT2D eigenvalue weighted by Crippen LogP contribution is 2.31. The lowest BCUT2D eigenvalue weighted by Gasteiger charge is -2.33. The Morgan fingerprint density at radius 1 is 1.04 bits per heavy atom. The van der Waals surface area contributed by atoms with Crippen molar-refractivity contribution in [3.05, 3.63) is 60.6 Å². The third-order valence-electron chi connectivity index (χ3n) is 4.56. The summed E-state index contributed by atoms with van der Waals surface area (Å²) in [5.74, 6) is 2.81. The van der Waals surface area contributed by atoms with Gasteiger partial charge in [0.2, 0.25) is 0 Å². The molecule has 0 unspecified atom stereocenters. The van der Waals surface area contributed by atoms with E-state index in [1.165, 1.54) is 0 Å². The Labute approximate surface area is 152 Å².